The van der Waals surface area contributed by atoms with Gasteiger partial charge in [0.1, 0.15) is 0 Å². The Hall–Kier alpha value is -1.35. The number of rotatable bonds is 4. The first kappa shape index (κ1) is 14.1. The van der Waals surface area contributed by atoms with Crippen molar-refractivity contribution < 1.29 is 9.90 Å². The predicted molar refractivity (Wildman–Crippen MR) is 77.0 cm³/mol. The van der Waals surface area contributed by atoms with Crippen molar-refractivity contribution >= 4 is 11.6 Å². The van der Waals surface area contributed by atoms with Gasteiger partial charge in [0, 0.05) is 24.8 Å². The maximum Gasteiger partial charge on any atom is 0.230 e. The van der Waals surface area contributed by atoms with Crippen molar-refractivity contribution in [1.29, 1.82) is 0 Å². The molecule has 1 aliphatic rings. The molecule has 0 bridgehead atoms. The fourth-order valence-electron chi connectivity index (χ4n) is 3.03. The molecule has 1 saturated carbocycles. The van der Waals surface area contributed by atoms with Gasteiger partial charge in [-0.1, -0.05) is 31.0 Å². The molecule has 2 atom stereocenters. The maximum absolute atomic E-state index is 12.7. The average Bonchev–Trinajstić information content (AvgIpc) is 2.49. The molecule has 1 amide bonds. The number of carbonyl (C=O) groups is 1. The summed E-state index contributed by atoms with van der Waals surface area (Å²) in [5, 5.41) is 9.46. The van der Waals surface area contributed by atoms with Gasteiger partial charge in [0.2, 0.25) is 5.91 Å². The molecular weight excluding hydrogens is 238 g/mol. The molecule has 0 radical (unpaired) electrons. The molecule has 1 aromatic carbocycles. The van der Waals surface area contributed by atoms with Crippen LogP contribution in [0.3, 0.4) is 0 Å². The number of para-hydroxylation sites is 1. The van der Waals surface area contributed by atoms with Crippen molar-refractivity contribution in [1.82, 2.24) is 0 Å². The van der Waals surface area contributed by atoms with E-state index in [2.05, 4.69) is 0 Å². The molecular formula is C16H23NO2. The van der Waals surface area contributed by atoms with Crippen LogP contribution in [-0.2, 0) is 4.79 Å². The number of aliphatic hydroxyl groups is 1. The van der Waals surface area contributed by atoms with Crippen LogP contribution in [0.25, 0.3) is 0 Å². The summed E-state index contributed by atoms with van der Waals surface area (Å²) in [5.41, 5.74) is 0.956. The number of hydrogen-bond acceptors (Lipinski definition) is 2. The summed E-state index contributed by atoms with van der Waals surface area (Å²) in [6.45, 7) is 2.81. The van der Waals surface area contributed by atoms with Crippen molar-refractivity contribution in [2.24, 2.45) is 11.8 Å². The van der Waals surface area contributed by atoms with Crippen LogP contribution in [-0.4, -0.2) is 24.2 Å². The molecule has 0 saturated heterocycles. The number of carbonyl (C=O) groups excluding carboxylic acids is 1. The molecule has 19 heavy (non-hydrogen) atoms. The molecule has 104 valence electrons. The summed E-state index contributed by atoms with van der Waals surface area (Å²) in [7, 11) is 0. The lowest BCUT2D eigenvalue weighted by atomic mass is 9.79. The molecule has 2 unspecified atom stereocenters. The summed E-state index contributed by atoms with van der Waals surface area (Å²) in [6, 6.07) is 9.81. The van der Waals surface area contributed by atoms with Gasteiger partial charge in [-0.2, -0.15) is 0 Å². The number of nitrogens with zero attached hydrogens (tertiary/aromatic N) is 1. The fourth-order valence-corrected chi connectivity index (χ4v) is 3.03. The number of amides is 1. The third-order valence-corrected chi connectivity index (χ3v) is 4.11. The first-order valence-corrected chi connectivity index (χ1v) is 7.25. The lowest BCUT2D eigenvalue weighted by molar-refractivity contribution is -0.125. The number of aliphatic hydroxyl groups excluding tert-OH is 1. The van der Waals surface area contributed by atoms with Gasteiger partial charge in [0.25, 0.3) is 0 Å². The van der Waals surface area contributed by atoms with E-state index in [1.54, 1.807) is 0 Å². The number of anilines is 1. The average molecular weight is 261 g/mol. The summed E-state index contributed by atoms with van der Waals surface area (Å²) < 4.78 is 0. The minimum absolute atomic E-state index is 0.0149. The van der Waals surface area contributed by atoms with E-state index in [1.807, 2.05) is 42.2 Å². The molecule has 2 rings (SSSR count). The standard InChI is InChI=1S/C16H23NO2/c1-2-17(14-9-4-3-5-10-14)16(19)15-11-7-6-8-13(15)12-18/h3-5,9-10,13,15,18H,2,6-8,11-12H2,1H3. The van der Waals surface area contributed by atoms with Gasteiger partial charge in [-0.3, -0.25) is 4.79 Å². The summed E-state index contributed by atoms with van der Waals surface area (Å²) in [6.07, 6.45) is 4.11. The van der Waals surface area contributed by atoms with Crippen LogP contribution in [0.4, 0.5) is 5.69 Å². The highest BCUT2D eigenvalue weighted by molar-refractivity contribution is 5.95. The van der Waals surface area contributed by atoms with Gasteiger partial charge in [0.15, 0.2) is 0 Å². The predicted octanol–water partition coefficient (Wildman–Crippen LogP) is 2.84. The Bertz CT molecular complexity index is 404. The highest BCUT2D eigenvalue weighted by Crippen LogP contribution is 2.32. The third-order valence-electron chi connectivity index (χ3n) is 4.11. The van der Waals surface area contributed by atoms with E-state index in [4.69, 9.17) is 0 Å². The fraction of sp³-hybridized carbons (Fsp3) is 0.562. The van der Waals surface area contributed by atoms with Crippen LogP contribution < -0.4 is 4.90 Å². The highest BCUT2D eigenvalue weighted by Gasteiger charge is 2.33. The smallest absolute Gasteiger partial charge is 0.230 e. The first-order chi connectivity index (χ1) is 9.27. The van der Waals surface area contributed by atoms with Gasteiger partial charge in [-0.15, -0.1) is 0 Å². The summed E-state index contributed by atoms with van der Waals surface area (Å²) >= 11 is 0. The van der Waals surface area contributed by atoms with Crippen LogP contribution in [0.5, 0.6) is 0 Å². The Kier molecular flexibility index (Phi) is 4.97. The molecule has 0 heterocycles. The van der Waals surface area contributed by atoms with Crippen molar-refractivity contribution in [2.75, 3.05) is 18.1 Å². The van der Waals surface area contributed by atoms with Crippen LogP contribution in [0.1, 0.15) is 32.6 Å². The molecule has 0 aromatic heterocycles. The number of benzene rings is 1. The second kappa shape index (κ2) is 6.71. The Morgan fingerprint density at radius 2 is 1.95 bits per heavy atom. The lowest BCUT2D eigenvalue weighted by Crippen LogP contribution is -2.41. The Labute approximate surface area is 115 Å². The van der Waals surface area contributed by atoms with Gasteiger partial charge in [-0.25, -0.2) is 0 Å². The minimum Gasteiger partial charge on any atom is -0.396 e. The quantitative estimate of drug-likeness (QED) is 0.905. The molecule has 1 aliphatic carbocycles. The molecule has 0 spiro atoms. The van der Waals surface area contributed by atoms with Crippen molar-refractivity contribution in [2.45, 2.75) is 32.6 Å². The molecule has 0 aliphatic heterocycles. The van der Waals surface area contributed by atoms with Crippen molar-refractivity contribution in [3.63, 3.8) is 0 Å². The van der Waals surface area contributed by atoms with Gasteiger partial charge in [-0.05, 0) is 37.8 Å². The normalized spacial score (nSPS) is 23.1. The molecule has 1 fully saturated rings. The summed E-state index contributed by atoms with van der Waals surface area (Å²) in [4.78, 5) is 14.6. The van der Waals surface area contributed by atoms with Gasteiger partial charge < -0.3 is 10.0 Å². The zero-order chi connectivity index (χ0) is 13.7. The van der Waals surface area contributed by atoms with Crippen LogP contribution in [0.15, 0.2) is 30.3 Å². The first-order valence-electron chi connectivity index (χ1n) is 7.25. The Morgan fingerprint density at radius 1 is 1.26 bits per heavy atom. The third kappa shape index (κ3) is 3.16. The van der Waals surface area contributed by atoms with Gasteiger partial charge >= 0.3 is 0 Å². The van der Waals surface area contributed by atoms with E-state index in [9.17, 15) is 9.90 Å². The van der Waals surface area contributed by atoms with E-state index in [-0.39, 0.29) is 24.3 Å². The Morgan fingerprint density at radius 3 is 2.58 bits per heavy atom. The van der Waals surface area contributed by atoms with Crippen LogP contribution in [0.2, 0.25) is 0 Å². The highest BCUT2D eigenvalue weighted by atomic mass is 16.3. The zero-order valence-electron chi connectivity index (χ0n) is 11.6. The minimum atomic E-state index is -0.0149. The van der Waals surface area contributed by atoms with Crippen LogP contribution >= 0.6 is 0 Å². The molecule has 3 heteroatoms. The van der Waals surface area contributed by atoms with E-state index in [0.29, 0.717) is 6.54 Å². The number of hydrogen-bond donors (Lipinski definition) is 1. The second-order valence-corrected chi connectivity index (χ2v) is 5.25. The SMILES string of the molecule is CCN(C(=O)C1CCCCC1CO)c1ccccc1. The van der Waals surface area contributed by atoms with E-state index < -0.39 is 0 Å². The van der Waals surface area contributed by atoms with Crippen molar-refractivity contribution in [3.8, 4) is 0 Å². The van der Waals surface area contributed by atoms with Crippen molar-refractivity contribution in [3.05, 3.63) is 30.3 Å². The van der Waals surface area contributed by atoms with Gasteiger partial charge in [0.05, 0.1) is 0 Å². The lowest BCUT2D eigenvalue weighted by Gasteiger charge is -2.33. The van der Waals surface area contributed by atoms with E-state index in [0.717, 1.165) is 31.4 Å². The zero-order valence-corrected chi connectivity index (χ0v) is 11.6. The monoisotopic (exact) mass is 261 g/mol. The maximum atomic E-state index is 12.7. The Balaban J connectivity index is 2.16. The van der Waals surface area contributed by atoms with Crippen LogP contribution in [0, 0.1) is 11.8 Å². The van der Waals surface area contributed by atoms with E-state index in [1.165, 1.54) is 0 Å². The topological polar surface area (TPSA) is 40.5 Å². The summed E-state index contributed by atoms with van der Waals surface area (Å²) in [5.74, 6) is 0.297. The molecule has 1 N–H and O–H groups in total. The molecule has 3 nitrogen and oxygen atoms in total. The van der Waals surface area contributed by atoms with E-state index >= 15 is 0 Å². The second-order valence-electron chi connectivity index (χ2n) is 5.25. The largest absolute Gasteiger partial charge is 0.396 e. The molecule has 1 aromatic rings.